The quantitative estimate of drug-likeness (QED) is 0.414. The number of hydrogen-bond donors (Lipinski definition) is 1. The second-order valence-corrected chi connectivity index (χ2v) is 7.76. The fraction of sp³-hybridized carbons (Fsp3) is 0.316. The summed E-state index contributed by atoms with van der Waals surface area (Å²) in [4.78, 5) is 12.8. The number of ether oxygens (including phenoxy) is 1. The van der Waals surface area contributed by atoms with Gasteiger partial charge < -0.3 is 10.1 Å². The number of aromatic nitrogens is 3. The molecule has 1 amide bonds. The van der Waals surface area contributed by atoms with Gasteiger partial charge in [0.25, 0.3) is 0 Å². The maximum Gasteiger partial charge on any atom is 0.220 e. The van der Waals surface area contributed by atoms with Crippen molar-refractivity contribution in [3.05, 3.63) is 47.8 Å². The van der Waals surface area contributed by atoms with Crippen LogP contribution >= 0.6 is 23.1 Å². The zero-order valence-corrected chi connectivity index (χ0v) is 16.8. The minimum atomic E-state index is 0.0523. The molecular formula is C19H22N4O2S2. The van der Waals surface area contributed by atoms with Gasteiger partial charge in [0.15, 0.2) is 11.0 Å². The van der Waals surface area contributed by atoms with Crippen LogP contribution in [0.25, 0.3) is 16.4 Å². The van der Waals surface area contributed by atoms with Crippen molar-refractivity contribution in [1.29, 1.82) is 0 Å². The molecule has 3 aromatic rings. The molecule has 0 aliphatic carbocycles. The molecule has 8 heteroatoms. The van der Waals surface area contributed by atoms with Crippen LogP contribution in [0.2, 0.25) is 0 Å². The number of methoxy groups -OCH3 is 1. The first kappa shape index (κ1) is 19.6. The van der Waals surface area contributed by atoms with Gasteiger partial charge in [0.2, 0.25) is 5.91 Å². The van der Waals surface area contributed by atoms with Crippen LogP contribution in [0, 0.1) is 0 Å². The third-order valence-corrected chi connectivity index (χ3v) is 5.68. The van der Waals surface area contributed by atoms with Gasteiger partial charge in [-0.05, 0) is 30.0 Å². The van der Waals surface area contributed by atoms with Crippen LogP contribution in [-0.4, -0.2) is 46.7 Å². The summed E-state index contributed by atoms with van der Waals surface area (Å²) in [6.45, 7) is 1.08. The molecule has 0 fully saturated rings. The number of benzene rings is 1. The fourth-order valence-corrected chi connectivity index (χ4v) is 4.10. The van der Waals surface area contributed by atoms with E-state index in [1.54, 1.807) is 30.2 Å². The van der Waals surface area contributed by atoms with Crippen molar-refractivity contribution in [1.82, 2.24) is 20.1 Å². The van der Waals surface area contributed by atoms with Crippen LogP contribution in [0.1, 0.15) is 12.8 Å². The molecule has 0 saturated carbocycles. The predicted molar refractivity (Wildman–Crippen MR) is 110 cm³/mol. The van der Waals surface area contributed by atoms with Crippen LogP contribution < -0.4 is 5.32 Å². The van der Waals surface area contributed by atoms with E-state index in [-0.39, 0.29) is 5.91 Å². The van der Waals surface area contributed by atoms with E-state index in [0.29, 0.717) is 19.6 Å². The van der Waals surface area contributed by atoms with Crippen molar-refractivity contribution in [2.24, 2.45) is 0 Å². The van der Waals surface area contributed by atoms with Crippen LogP contribution in [0.4, 0.5) is 0 Å². The average molecular weight is 403 g/mol. The molecule has 1 aromatic carbocycles. The average Bonchev–Trinajstić information content (AvgIpc) is 3.35. The van der Waals surface area contributed by atoms with Crippen LogP contribution in [0.15, 0.2) is 53.0 Å². The van der Waals surface area contributed by atoms with Crippen molar-refractivity contribution >= 4 is 29.0 Å². The van der Waals surface area contributed by atoms with Gasteiger partial charge in [-0.3, -0.25) is 9.36 Å². The molecular weight excluding hydrogens is 380 g/mol. The highest BCUT2D eigenvalue weighted by molar-refractivity contribution is 7.99. The summed E-state index contributed by atoms with van der Waals surface area (Å²) in [6, 6.07) is 14.2. The van der Waals surface area contributed by atoms with Gasteiger partial charge in [0.05, 0.1) is 11.5 Å². The van der Waals surface area contributed by atoms with E-state index in [0.717, 1.165) is 33.7 Å². The Morgan fingerprint density at radius 1 is 1.22 bits per heavy atom. The van der Waals surface area contributed by atoms with E-state index in [4.69, 9.17) is 4.74 Å². The molecule has 142 valence electrons. The molecule has 1 N–H and O–H groups in total. The first-order valence-electron chi connectivity index (χ1n) is 8.72. The maximum absolute atomic E-state index is 11.8. The smallest absolute Gasteiger partial charge is 0.220 e. The summed E-state index contributed by atoms with van der Waals surface area (Å²) < 4.78 is 7.01. The Morgan fingerprint density at radius 2 is 2.07 bits per heavy atom. The monoisotopic (exact) mass is 402 g/mol. The molecule has 0 spiro atoms. The van der Waals surface area contributed by atoms with Crippen molar-refractivity contribution in [2.45, 2.75) is 18.0 Å². The fourth-order valence-electron chi connectivity index (χ4n) is 2.52. The van der Waals surface area contributed by atoms with Gasteiger partial charge in [0, 0.05) is 31.5 Å². The minimum Gasteiger partial charge on any atom is -0.383 e. The Morgan fingerprint density at radius 3 is 2.81 bits per heavy atom. The number of nitrogens with one attached hydrogen (secondary N) is 1. The molecule has 3 rings (SSSR count). The second-order valence-electron chi connectivity index (χ2n) is 5.75. The Bertz CT molecular complexity index is 835. The van der Waals surface area contributed by atoms with E-state index in [2.05, 4.69) is 20.1 Å². The van der Waals surface area contributed by atoms with Crippen molar-refractivity contribution in [3.8, 4) is 16.4 Å². The van der Waals surface area contributed by atoms with E-state index >= 15 is 0 Å². The van der Waals surface area contributed by atoms with Gasteiger partial charge in [-0.1, -0.05) is 36.0 Å². The minimum absolute atomic E-state index is 0.0523. The van der Waals surface area contributed by atoms with Crippen molar-refractivity contribution in [3.63, 3.8) is 0 Å². The first-order chi connectivity index (χ1) is 13.3. The van der Waals surface area contributed by atoms with Crippen LogP contribution in [0.3, 0.4) is 0 Å². The van der Waals surface area contributed by atoms with E-state index in [1.165, 1.54) is 0 Å². The third-order valence-electron chi connectivity index (χ3n) is 3.80. The van der Waals surface area contributed by atoms with Gasteiger partial charge >= 0.3 is 0 Å². The lowest BCUT2D eigenvalue weighted by atomic mass is 10.3. The Hall–Kier alpha value is -2.16. The summed E-state index contributed by atoms with van der Waals surface area (Å²) >= 11 is 3.26. The SMILES string of the molecule is COCCNC(=O)CCCSc1nnc(-c2cccs2)n1-c1ccccc1. The third kappa shape index (κ3) is 5.41. The highest BCUT2D eigenvalue weighted by Gasteiger charge is 2.16. The van der Waals surface area contributed by atoms with Crippen LogP contribution in [-0.2, 0) is 9.53 Å². The number of amides is 1. The van der Waals surface area contributed by atoms with Gasteiger partial charge in [-0.2, -0.15) is 0 Å². The molecule has 0 unspecified atom stereocenters. The Kier molecular flexibility index (Phi) is 7.44. The summed E-state index contributed by atoms with van der Waals surface area (Å²) in [5.74, 6) is 1.69. The molecule has 6 nitrogen and oxygen atoms in total. The lowest BCUT2D eigenvalue weighted by Gasteiger charge is -2.09. The molecule has 0 atom stereocenters. The van der Waals surface area contributed by atoms with Gasteiger partial charge in [-0.15, -0.1) is 21.5 Å². The molecule has 2 heterocycles. The summed E-state index contributed by atoms with van der Waals surface area (Å²) in [7, 11) is 1.62. The van der Waals surface area contributed by atoms with Gasteiger partial charge in [-0.25, -0.2) is 0 Å². The zero-order chi connectivity index (χ0) is 18.9. The van der Waals surface area contributed by atoms with Crippen LogP contribution in [0.5, 0.6) is 0 Å². The lowest BCUT2D eigenvalue weighted by Crippen LogP contribution is -2.26. The highest BCUT2D eigenvalue weighted by Crippen LogP contribution is 2.30. The highest BCUT2D eigenvalue weighted by atomic mass is 32.2. The summed E-state index contributed by atoms with van der Waals surface area (Å²) in [5.41, 5.74) is 1.03. The number of carbonyl (C=O) groups excluding carboxylic acids is 1. The molecule has 27 heavy (non-hydrogen) atoms. The zero-order valence-electron chi connectivity index (χ0n) is 15.1. The number of carbonyl (C=O) groups is 1. The number of rotatable bonds is 10. The molecule has 0 saturated heterocycles. The van der Waals surface area contributed by atoms with E-state index < -0.39 is 0 Å². The lowest BCUT2D eigenvalue weighted by molar-refractivity contribution is -0.121. The first-order valence-corrected chi connectivity index (χ1v) is 10.6. The largest absolute Gasteiger partial charge is 0.383 e. The van der Waals surface area contributed by atoms with E-state index in [9.17, 15) is 4.79 Å². The number of thioether (sulfide) groups is 1. The Labute approximate surface area is 167 Å². The number of para-hydroxylation sites is 1. The molecule has 0 aliphatic heterocycles. The topological polar surface area (TPSA) is 69.0 Å². The van der Waals surface area contributed by atoms with E-state index in [1.807, 2.05) is 47.8 Å². The Balaban J connectivity index is 1.65. The number of hydrogen-bond acceptors (Lipinski definition) is 6. The van der Waals surface area contributed by atoms with Crippen molar-refractivity contribution < 1.29 is 9.53 Å². The second kappa shape index (κ2) is 10.2. The summed E-state index contributed by atoms with van der Waals surface area (Å²) in [5, 5.41) is 14.5. The number of nitrogens with zero attached hydrogens (tertiary/aromatic N) is 3. The van der Waals surface area contributed by atoms with Crippen molar-refractivity contribution in [2.75, 3.05) is 26.0 Å². The normalized spacial score (nSPS) is 10.9. The van der Waals surface area contributed by atoms with Gasteiger partial charge in [0.1, 0.15) is 0 Å². The predicted octanol–water partition coefficient (Wildman–Crippen LogP) is 3.63. The molecule has 0 aliphatic rings. The molecule has 0 bridgehead atoms. The maximum atomic E-state index is 11.8. The summed E-state index contributed by atoms with van der Waals surface area (Å²) in [6.07, 6.45) is 1.27. The standard InChI is InChI=1S/C19H22N4O2S2/c1-25-12-11-20-17(24)10-6-14-27-19-22-21-18(16-9-5-13-26-16)23(19)15-7-3-2-4-8-15/h2-5,7-9,13H,6,10-12,14H2,1H3,(H,20,24). The number of thiophene rings is 1. The molecule has 0 radical (unpaired) electrons. The molecule has 2 aromatic heterocycles.